The molecule has 1 N–H and O–H groups in total. The van der Waals surface area contributed by atoms with Crippen LogP contribution in [0.1, 0.15) is 149 Å². The van der Waals surface area contributed by atoms with Crippen molar-refractivity contribution in [3.8, 4) is 0 Å². The van der Waals surface area contributed by atoms with E-state index in [0.717, 1.165) is 89.9 Å². The minimum absolute atomic E-state index is 0.0260. The van der Waals surface area contributed by atoms with Crippen molar-refractivity contribution in [2.75, 3.05) is 41.0 Å². The molecule has 338 valence electrons. The van der Waals surface area contributed by atoms with E-state index in [1.165, 1.54) is 19.3 Å². The SMILES string of the molecule is CC/C=C/C/C=C/C/C=C/C/C=C/C/C=C/CCC(=O)OCC(COCCC(C(=O)O)[N+](C)(C)C)OC(=O)CCCCCCCCC/C=C/C/C=C/C/C=C/C/C=C/CC. The number of carboxylic acids is 1. The number of carboxylic acid groups (broad SMARTS) is 1. The highest BCUT2D eigenvalue weighted by molar-refractivity contribution is 5.72. The van der Waals surface area contributed by atoms with Gasteiger partial charge in [0.05, 0.1) is 34.4 Å². The smallest absolute Gasteiger partial charge is 0.362 e. The number of nitrogens with zero attached hydrogens (tertiary/aromatic N) is 1. The Morgan fingerprint density at radius 2 is 0.917 bits per heavy atom. The number of rotatable bonds is 39. The maximum Gasteiger partial charge on any atom is 0.362 e. The van der Waals surface area contributed by atoms with E-state index in [1.807, 2.05) is 33.3 Å². The highest BCUT2D eigenvalue weighted by Gasteiger charge is 2.31. The number of quaternary nitrogens is 1. The summed E-state index contributed by atoms with van der Waals surface area (Å²) >= 11 is 0. The maximum atomic E-state index is 12.8. The van der Waals surface area contributed by atoms with Gasteiger partial charge < -0.3 is 23.8 Å². The first-order valence-corrected chi connectivity index (χ1v) is 22.9. The standard InChI is InChI=1S/C52H83NO7/c1-6-8-10-12-14-16-18-20-22-24-25-26-27-29-31-33-35-37-39-41-43-51(55)60-48(46-58-45-44-49(52(56)57)53(3,4)5)47-59-50(54)42-40-38-36-34-32-30-28-23-21-19-17-15-13-11-9-7-2/h8-11,14-17,20-23,25-26,30,32,36,38,48-49H,6-7,12-13,18-19,24,27-29,31,33-35,37,39-47H2,1-5H3/p+1/b10-8+,11-9+,16-14+,17-15+,22-20+,23-21+,26-25+,32-30+,38-36+. The first-order chi connectivity index (χ1) is 29.1. The second-order valence-corrected chi connectivity index (χ2v) is 15.9. The molecule has 0 saturated carbocycles. The molecule has 0 radical (unpaired) electrons. The average Bonchev–Trinajstić information content (AvgIpc) is 3.21. The van der Waals surface area contributed by atoms with Gasteiger partial charge in [-0.1, -0.05) is 155 Å². The number of ether oxygens (including phenoxy) is 3. The fraction of sp³-hybridized carbons (Fsp3) is 0.596. The Morgan fingerprint density at radius 3 is 1.37 bits per heavy atom. The molecule has 0 rings (SSSR count). The van der Waals surface area contributed by atoms with Crippen LogP contribution in [0.5, 0.6) is 0 Å². The zero-order valence-corrected chi connectivity index (χ0v) is 38.4. The molecule has 0 spiro atoms. The van der Waals surface area contributed by atoms with Crippen LogP contribution < -0.4 is 0 Å². The molecule has 2 atom stereocenters. The zero-order valence-electron chi connectivity index (χ0n) is 38.4. The van der Waals surface area contributed by atoms with Crippen molar-refractivity contribution in [3.05, 3.63) is 109 Å². The Kier molecular flexibility index (Phi) is 38.9. The van der Waals surface area contributed by atoms with Crippen LogP contribution in [-0.2, 0) is 28.6 Å². The van der Waals surface area contributed by atoms with Crippen LogP contribution in [0.25, 0.3) is 0 Å². The lowest BCUT2D eigenvalue weighted by atomic mass is 10.1. The summed E-state index contributed by atoms with van der Waals surface area (Å²) in [6, 6.07) is -0.634. The van der Waals surface area contributed by atoms with Gasteiger partial charge in [0.15, 0.2) is 12.1 Å². The molecular weight excluding hydrogens is 751 g/mol. The van der Waals surface area contributed by atoms with Crippen molar-refractivity contribution >= 4 is 17.9 Å². The summed E-state index contributed by atoms with van der Waals surface area (Å²) in [6.07, 6.45) is 57.2. The Balaban J connectivity index is 4.46. The van der Waals surface area contributed by atoms with Crippen LogP contribution >= 0.6 is 0 Å². The molecule has 8 heteroatoms. The molecule has 2 unspecified atom stereocenters. The normalized spacial score (nSPS) is 13.9. The fourth-order valence-electron chi connectivity index (χ4n) is 5.95. The Labute approximate surface area is 366 Å². The van der Waals surface area contributed by atoms with Gasteiger partial charge in [-0.15, -0.1) is 0 Å². The lowest BCUT2D eigenvalue weighted by molar-refractivity contribution is -0.887. The quantitative estimate of drug-likeness (QED) is 0.0285. The Hall–Kier alpha value is -4.01. The van der Waals surface area contributed by atoms with Crippen molar-refractivity contribution < 1.29 is 38.2 Å². The van der Waals surface area contributed by atoms with Crippen molar-refractivity contribution in [1.29, 1.82) is 0 Å². The number of unbranched alkanes of at least 4 members (excludes halogenated alkanes) is 7. The summed E-state index contributed by atoms with van der Waals surface area (Å²) in [5.74, 6) is -1.60. The number of hydrogen-bond acceptors (Lipinski definition) is 6. The van der Waals surface area contributed by atoms with Gasteiger partial charge >= 0.3 is 17.9 Å². The molecule has 0 aliphatic rings. The van der Waals surface area contributed by atoms with E-state index in [1.54, 1.807) is 0 Å². The molecule has 0 aliphatic heterocycles. The van der Waals surface area contributed by atoms with Gasteiger partial charge in [0.2, 0.25) is 0 Å². The van der Waals surface area contributed by atoms with E-state index in [9.17, 15) is 19.5 Å². The van der Waals surface area contributed by atoms with Gasteiger partial charge in [-0.05, 0) is 83.5 Å². The molecule has 0 aromatic carbocycles. The topological polar surface area (TPSA) is 99.1 Å². The number of likely N-dealkylation sites (N-methyl/N-ethyl adjacent to an activating group) is 1. The van der Waals surface area contributed by atoms with E-state index in [0.29, 0.717) is 19.3 Å². The van der Waals surface area contributed by atoms with E-state index in [-0.39, 0.29) is 42.7 Å². The van der Waals surface area contributed by atoms with Crippen LogP contribution in [0.2, 0.25) is 0 Å². The second kappa shape index (κ2) is 41.7. The van der Waals surface area contributed by atoms with Crippen LogP contribution in [0.3, 0.4) is 0 Å². The number of hydrogen-bond donors (Lipinski definition) is 1. The molecule has 0 amide bonds. The Bertz CT molecular complexity index is 1340. The highest BCUT2D eigenvalue weighted by atomic mass is 16.6. The fourth-order valence-corrected chi connectivity index (χ4v) is 5.95. The summed E-state index contributed by atoms with van der Waals surface area (Å²) in [5.41, 5.74) is 0. The monoisotopic (exact) mass is 835 g/mol. The molecule has 0 heterocycles. The van der Waals surface area contributed by atoms with Crippen LogP contribution in [0.4, 0.5) is 0 Å². The summed E-state index contributed by atoms with van der Waals surface area (Å²) < 4.78 is 17.2. The average molecular weight is 835 g/mol. The summed E-state index contributed by atoms with van der Waals surface area (Å²) in [5, 5.41) is 9.63. The van der Waals surface area contributed by atoms with Crippen molar-refractivity contribution in [2.45, 2.75) is 161 Å². The van der Waals surface area contributed by atoms with Crippen molar-refractivity contribution in [1.82, 2.24) is 0 Å². The number of carbonyl (C=O) groups is 3. The van der Waals surface area contributed by atoms with Gasteiger partial charge in [0.25, 0.3) is 0 Å². The van der Waals surface area contributed by atoms with E-state index < -0.39 is 18.1 Å². The second-order valence-electron chi connectivity index (χ2n) is 15.9. The van der Waals surface area contributed by atoms with E-state index >= 15 is 0 Å². The van der Waals surface area contributed by atoms with Crippen LogP contribution in [0, 0.1) is 0 Å². The third kappa shape index (κ3) is 39.5. The number of esters is 2. The van der Waals surface area contributed by atoms with Crippen molar-refractivity contribution in [3.63, 3.8) is 0 Å². The van der Waals surface area contributed by atoms with E-state index in [2.05, 4.69) is 111 Å². The predicted octanol–water partition coefficient (Wildman–Crippen LogP) is 12.9. The third-order valence-corrected chi connectivity index (χ3v) is 9.43. The minimum Gasteiger partial charge on any atom is -0.477 e. The molecule has 0 saturated heterocycles. The first-order valence-electron chi connectivity index (χ1n) is 22.9. The van der Waals surface area contributed by atoms with E-state index in [4.69, 9.17) is 14.2 Å². The van der Waals surface area contributed by atoms with Gasteiger partial charge in [-0.3, -0.25) is 9.59 Å². The van der Waals surface area contributed by atoms with Gasteiger partial charge in [-0.2, -0.15) is 0 Å². The lowest BCUT2D eigenvalue weighted by Gasteiger charge is -2.31. The number of carbonyl (C=O) groups excluding carboxylic acids is 2. The maximum absolute atomic E-state index is 12.8. The predicted molar refractivity (Wildman–Crippen MR) is 252 cm³/mol. The number of allylic oxidation sites excluding steroid dienone is 18. The summed E-state index contributed by atoms with van der Waals surface area (Å²) in [7, 11) is 5.49. The minimum atomic E-state index is -0.891. The first kappa shape index (κ1) is 56.0. The van der Waals surface area contributed by atoms with Gasteiger partial charge in [0, 0.05) is 19.3 Å². The summed E-state index contributed by atoms with van der Waals surface area (Å²) in [4.78, 5) is 37.0. The number of aliphatic carboxylic acids is 1. The molecular formula is C52H84NO7+. The summed E-state index contributed by atoms with van der Waals surface area (Å²) in [6.45, 7) is 4.39. The largest absolute Gasteiger partial charge is 0.477 e. The van der Waals surface area contributed by atoms with Crippen LogP contribution in [-0.4, -0.2) is 80.6 Å². The highest BCUT2D eigenvalue weighted by Crippen LogP contribution is 2.13. The van der Waals surface area contributed by atoms with Crippen molar-refractivity contribution in [2.24, 2.45) is 0 Å². The van der Waals surface area contributed by atoms with Gasteiger partial charge in [0.1, 0.15) is 6.61 Å². The molecule has 60 heavy (non-hydrogen) atoms. The Morgan fingerprint density at radius 1 is 0.500 bits per heavy atom. The molecule has 0 aromatic heterocycles. The molecule has 0 fully saturated rings. The third-order valence-electron chi connectivity index (χ3n) is 9.43. The molecule has 8 nitrogen and oxygen atoms in total. The lowest BCUT2D eigenvalue weighted by Crippen LogP contribution is -2.50. The zero-order chi connectivity index (χ0) is 44.2. The molecule has 0 bridgehead atoms. The molecule has 0 aromatic rings. The van der Waals surface area contributed by atoms with Crippen LogP contribution in [0.15, 0.2) is 109 Å². The van der Waals surface area contributed by atoms with Gasteiger partial charge in [-0.25, -0.2) is 4.79 Å². The molecule has 0 aliphatic carbocycles.